The average Bonchev–Trinajstić information content (AvgIpc) is 3.99. The first kappa shape index (κ1) is 33.9. The van der Waals surface area contributed by atoms with Gasteiger partial charge in [0.2, 0.25) is 5.95 Å². The predicted octanol–water partition coefficient (Wildman–Crippen LogP) is 14.5. The van der Waals surface area contributed by atoms with Gasteiger partial charge in [0.05, 0.1) is 22.2 Å². The third kappa shape index (κ3) is 5.14. The minimum Gasteiger partial charge on any atom is -0.454 e. The first-order chi connectivity index (χ1) is 30.3. The van der Waals surface area contributed by atoms with Crippen LogP contribution < -0.4 is 0 Å². The van der Waals surface area contributed by atoms with Crippen molar-refractivity contribution in [3.8, 4) is 45.1 Å². The second-order valence-corrected chi connectivity index (χ2v) is 16.0. The quantitative estimate of drug-likeness (QED) is 0.175. The lowest BCUT2D eigenvalue weighted by Crippen LogP contribution is -2.08. The Morgan fingerprint density at radius 3 is 2.02 bits per heavy atom. The Kier molecular flexibility index (Phi) is 7.36. The van der Waals surface area contributed by atoms with Gasteiger partial charge in [-0.2, -0.15) is 0 Å². The maximum Gasteiger partial charge on any atom is 0.235 e. The molecule has 0 aliphatic heterocycles. The zero-order chi connectivity index (χ0) is 40.0. The van der Waals surface area contributed by atoms with Crippen LogP contribution in [0, 0.1) is 0 Å². The second-order valence-electron chi connectivity index (χ2n) is 16.0. The van der Waals surface area contributed by atoms with Gasteiger partial charge in [0.25, 0.3) is 0 Å². The fraction of sp³-hybridized carbons (Fsp3) is 0.0357. The van der Waals surface area contributed by atoms with Crippen molar-refractivity contribution in [3.05, 3.63) is 199 Å². The van der Waals surface area contributed by atoms with Crippen LogP contribution in [0.5, 0.6) is 0 Å². The first-order valence-electron chi connectivity index (χ1n) is 21.0. The van der Waals surface area contributed by atoms with Crippen molar-refractivity contribution < 1.29 is 4.42 Å². The maximum atomic E-state index is 6.93. The van der Waals surface area contributed by atoms with Gasteiger partial charge in [-0.1, -0.05) is 146 Å². The van der Waals surface area contributed by atoms with Gasteiger partial charge in [0, 0.05) is 54.8 Å². The Morgan fingerprint density at radius 1 is 0.492 bits per heavy atom. The molecule has 0 N–H and O–H groups in total. The molecule has 0 saturated carbocycles. The summed E-state index contributed by atoms with van der Waals surface area (Å²) in [6.07, 6.45) is 6.38. The van der Waals surface area contributed by atoms with E-state index >= 15 is 0 Å². The molecular weight excluding hydrogens is 745 g/mol. The lowest BCUT2D eigenvalue weighted by molar-refractivity contribution is 0.670. The number of hydrogen-bond acceptors (Lipinski definition) is 3. The van der Waals surface area contributed by atoms with Crippen LogP contribution in [0.3, 0.4) is 0 Å². The van der Waals surface area contributed by atoms with Gasteiger partial charge in [-0.25, -0.2) is 9.97 Å². The Bertz CT molecular complexity index is 3740. The Morgan fingerprint density at radius 2 is 1.16 bits per heavy atom. The van der Waals surface area contributed by atoms with Gasteiger partial charge in [0.1, 0.15) is 11.1 Å². The van der Waals surface area contributed by atoms with Gasteiger partial charge < -0.3 is 8.98 Å². The summed E-state index contributed by atoms with van der Waals surface area (Å²) in [5.74, 6) is 0.641. The highest BCUT2D eigenvalue weighted by molar-refractivity contribution is 6.21. The van der Waals surface area contributed by atoms with Crippen LogP contribution in [0.25, 0.3) is 117 Å². The number of allylic oxidation sites excluding steroid dienone is 1. The van der Waals surface area contributed by atoms with E-state index in [0.29, 0.717) is 5.95 Å². The molecule has 0 saturated heterocycles. The normalized spacial score (nSPS) is 12.7. The molecule has 1 aliphatic carbocycles. The molecule has 0 amide bonds. The molecule has 0 bridgehead atoms. The Hall–Kier alpha value is -8.02. The van der Waals surface area contributed by atoms with Crippen molar-refractivity contribution in [3.63, 3.8) is 0 Å². The Balaban J connectivity index is 1.11. The topological polar surface area (TPSA) is 48.8 Å². The van der Waals surface area contributed by atoms with Crippen molar-refractivity contribution in [2.45, 2.75) is 12.8 Å². The molecule has 61 heavy (non-hydrogen) atoms. The monoisotopic (exact) mass is 780 g/mol. The summed E-state index contributed by atoms with van der Waals surface area (Å²) in [5, 5.41) is 6.76. The largest absolute Gasteiger partial charge is 0.454 e. The van der Waals surface area contributed by atoms with Crippen LogP contribution in [0.4, 0.5) is 0 Å². The van der Waals surface area contributed by atoms with E-state index < -0.39 is 0 Å². The molecule has 5 nitrogen and oxygen atoms in total. The highest BCUT2D eigenvalue weighted by Crippen LogP contribution is 2.47. The molecule has 8 aromatic carbocycles. The molecule has 0 atom stereocenters. The van der Waals surface area contributed by atoms with E-state index in [4.69, 9.17) is 14.4 Å². The molecule has 5 heteroatoms. The molecule has 12 aromatic rings. The summed E-state index contributed by atoms with van der Waals surface area (Å²) in [6, 6.07) is 64.8. The van der Waals surface area contributed by atoms with Crippen molar-refractivity contribution in [2.24, 2.45) is 0 Å². The van der Waals surface area contributed by atoms with E-state index in [-0.39, 0.29) is 0 Å². The summed E-state index contributed by atoms with van der Waals surface area (Å²) in [7, 11) is 0. The van der Waals surface area contributed by atoms with Crippen LogP contribution >= 0.6 is 0 Å². The van der Waals surface area contributed by atoms with Crippen molar-refractivity contribution in [2.75, 3.05) is 0 Å². The minimum atomic E-state index is 0.641. The van der Waals surface area contributed by atoms with Crippen LogP contribution in [0.2, 0.25) is 0 Å². The molecule has 1 aliphatic rings. The van der Waals surface area contributed by atoms with E-state index in [1.165, 1.54) is 44.2 Å². The van der Waals surface area contributed by atoms with Gasteiger partial charge in [0.15, 0.2) is 5.58 Å². The fourth-order valence-electron chi connectivity index (χ4n) is 9.85. The third-order valence-electron chi connectivity index (χ3n) is 12.6. The molecule has 4 heterocycles. The lowest BCUT2D eigenvalue weighted by Gasteiger charge is -2.15. The number of aromatic nitrogens is 4. The molecule has 286 valence electrons. The molecule has 0 unspecified atom stereocenters. The van der Waals surface area contributed by atoms with Crippen LogP contribution in [0.15, 0.2) is 192 Å². The highest BCUT2D eigenvalue weighted by atomic mass is 16.3. The van der Waals surface area contributed by atoms with E-state index in [2.05, 4.69) is 197 Å². The van der Waals surface area contributed by atoms with Gasteiger partial charge >= 0.3 is 0 Å². The number of para-hydroxylation sites is 4. The summed E-state index contributed by atoms with van der Waals surface area (Å²) in [4.78, 5) is 10.9. The molecule has 0 radical (unpaired) electrons. The SMILES string of the molecule is C1=Cc2c(n(-c3nc(-c4ccc(-c5ccccc5)cc4)c4ccccc4n3)c3c2c(-c2ccc4c(c2)c2ccccc2n4-c2ccccc2)cc2c4ccccc4oc23)CC1. The predicted molar refractivity (Wildman–Crippen MR) is 252 cm³/mol. The smallest absolute Gasteiger partial charge is 0.235 e. The first-order valence-corrected chi connectivity index (χ1v) is 21.0. The van der Waals surface area contributed by atoms with Crippen molar-refractivity contribution in [1.82, 2.24) is 19.1 Å². The molecule has 4 aromatic heterocycles. The van der Waals surface area contributed by atoms with Crippen molar-refractivity contribution >= 4 is 71.6 Å². The van der Waals surface area contributed by atoms with Crippen LogP contribution in [-0.4, -0.2) is 19.1 Å². The zero-order valence-corrected chi connectivity index (χ0v) is 33.1. The number of hydrogen-bond donors (Lipinski definition) is 0. The van der Waals surface area contributed by atoms with E-state index in [1.54, 1.807) is 0 Å². The van der Waals surface area contributed by atoms with E-state index in [9.17, 15) is 0 Å². The molecule has 0 spiro atoms. The Labute approximate surface area is 351 Å². The number of furan rings is 1. The number of rotatable bonds is 5. The number of fused-ring (bicyclic) bond motifs is 11. The van der Waals surface area contributed by atoms with Gasteiger partial charge in [-0.3, -0.25) is 4.57 Å². The summed E-state index contributed by atoms with van der Waals surface area (Å²) >= 11 is 0. The molecule has 0 fully saturated rings. The highest BCUT2D eigenvalue weighted by Gasteiger charge is 2.28. The second kappa shape index (κ2) is 13.2. The zero-order valence-electron chi connectivity index (χ0n) is 33.1. The van der Waals surface area contributed by atoms with E-state index in [1.807, 2.05) is 6.07 Å². The fourth-order valence-corrected chi connectivity index (χ4v) is 9.85. The summed E-state index contributed by atoms with van der Waals surface area (Å²) < 4.78 is 11.6. The number of nitrogens with zero attached hydrogens (tertiary/aromatic N) is 4. The van der Waals surface area contributed by atoms with E-state index in [0.717, 1.165) is 84.7 Å². The third-order valence-corrected chi connectivity index (χ3v) is 12.6. The minimum absolute atomic E-state index is 0.641. The van der Waals surface area contributed by atoms with Crippen LogP contribution in [-0.2, 0) is 6.42 Å². The maximum absolute atomic E-state index is 6.93. The average molecular weight is 781 g/mol. The molecular formula is C56H36N4O. The van der Waals surface area contributed by atoms with Crippen LogP contribution in [0.1, 0.15) is 17.7 Å². The summed E-state index contributed by atoms with van der Waals surface area (Å²) in [6.45, 7) is 0. The standard InChI is InChI=1S/C56H36N4O/c1-3-15-35(16-4-1)36-27-29-37(30-28-36)53-42-21-7-11-23-47(42)57-56(58-53)60-49-25-13-9-22-43(49)52-44(34-46-41-20-10-14-26-51(41)61-55(46)54(52)60)38-31-32-50-45(33-38)40-19-8-12-24-48(40)59(50)39-17-5-2-6-18-39/h1-12,14-24,26-34H,13,25H2. The molecule has 13 rings (SSSR count). The lowest BCUT2D eigenvalue weighted by atomic mass is 9.93. The number of benzene rings is 8. The summed E-state index contributed by atoms with van der Waals surface area (Å²) in [5.41, 5.74) is 16.1. The van der Waals surface area contributed by atoms with Crippen molar-refractivity contribution in [1.29, 1.82) is 0 Å². The van der Waals surface area contributed by atoms with Gasteiger partial charge in [-0.15, -0.1) is 0 Å². The van der Waals surface area contributed by atoms with Gasteiger partial charge in [-0.05, 0) is 83.6 Å².